The molecule has 2 aliphatic rings. The maximum Gasteiger partial charge on any atom is 0.228 e. The van der Waals surface area contributed by atoms with E-state index in [2.05, 4.69) is 28.4 Å². The minimum Gasteiger partial charge on any atom is -0.317 e. The minimum absolute atomic E-state index is 0.291. The summed E-state index contributed by atoms with van der Waals surface area (Å²) in [6.07, 6.45) is 2.78. The van der Waals surface area contributed by atoms with Gasteiger partial charge < -0.3 is 10.2 Å². The van der Waals surface area contributed by atoms with Crippen LogP contribution in [0.1, 0.15) is 19.3 Å². The number of hydrogen-bond donors (Lipinski definition) is 1. The van der Waals surface area contributed by atoms with Crippen molar-refractivity contribution < 1.29 is 4.79 Å². The average Bonchev–Trinajstić information content (AvgIpc) is 2.58. The van der Waals surface area contributed by atoms with Crippen molar-refractivity contribution >= 4 is 23.4 Å². The van der Waals surface area contributed by atoms with Gasteiger partial charge in [-0.1, -0.05) is 12.1 Å². The van der Waals surface area contributed by atoms with Crippen molar-refractivity contribution in [1.29, 1.82) is 0 Å². The fourth-order valence-electron chi connectivity index (χ4n) is 2.75. The molecule has 4 heteroatoms. The third-order valence-corrected chi connectivity index (χ3v) is 4.71. The Morgan fingerprint density at radius 3 is 2.83 bits per heavy atom. The van der Waals surface area contributed by atoms with E-state index in [4.69, 9.17) is 0 Å². The molecule has 18 heavy (non-hydrogen) atoms. The lowest BCUT2D eigenvalue weighted by atomic mass is 10.0. The van der Waals surface area contributed by atoms with Gasteiger partial charge in [-0.2, -0.15) is 0 Å². The highest BCUT2D eigenvalue weighted by Crippen LogP contribution is 2.36. The average molecular weight is 262 g/mol. The number of carbonyl (C=O) groups excluding carboxylic acids is 1. The van der Waals surface area contributed by atoms with E-state index in [0.29, 0.717) is 18.4 Å². The number of carbonyl (C=O) groups is 1. The standard InChI is InChI=1S/C14H18N2OS/c17-14-7-10-18-13-4-2-1-3-12(13)16(14)11-5-8-15-9-6-11/h1-4,11,15H,5-10H2. The van der Waals surface area contributed by atoms with Gasteiger partial charge >= 0.3 is 0 Å². The highest BCUT2D eigenvalue weighted by molar-refractivity contribution is 7.99. The Morgan fingerprint density at radius 1 is 1.22 bits per heavy atom. The van der Waals surface area contributed by atoms with E-state index in [0.717, 1.165) is 37.4 Å². The zero-order valence-electron chi connectivity index (χ0n) is 10.4. The molecule has 0 aromatic heterocycles. The second-order valence-corrected chi connectivity index (χ2v) is 5.95. The van der Waals surface area contributed by atoms with Crippen LogP contribution in [-0.4, -0.2) is 30.8 Å². The Morgan fingerprint density at radius 2 is 2.00 bits per heavy atom. The van der Waals surface area contributed by atoms with Crippen LogP contribution in [0.4, 0.5) is 5.69 Å². The Bertz CT molecular complexity index is 443. The van der Waals surface area contributed by atoms with E-state index in [1.807, 2.05) is 6.07 Å². The quantitative estimate of drug-likeness (QED) is 0.842. The number of nitrogens with one attached hydrogen (secondary N) is 1. The summed E-state index contributed by atoms with van der Waals surface area (Å²) in [5.41, 5.74) is 1.12. The first-order valence-electron chi connectivity index (χ1n) is 6.61. The number of fused-ring (bicyclic) bond motifs is 1. The van der Waals surface area contributed by atoms with Crippen molar-refractivity contribution in [3.8, 4) is 0 Å². The lowest BCUT2D eigenvalue weighted by molar-refractivity contribution is -0.118. The maximum absolute atomic E-state index is 12.4. The van der Waals surface area contributed by atoms with E-state index in [9.17, 15) is 4.79 Å². The van der Waals surface area contributed by atoms with Crippen molar-refractivity contribution in [1.82, 2.24) is 5.32 Å². The molecule has 0 radical (unpaired) electrons. The van der Waals surface area contributed by atoms with Crippen molar-refractivity contribution in [3.05, 3.63) is 24.3 Å². The first kappa shape index (κ1) is 12.1. The SMILES string of the molecule is O=C1CCSc2ccccc2N1C1CCNCC1. The van der Waals surface area contributed by atoms with Gasteiger partial charge in [0.1, 0.15) is 0 Å². The van der Waals surface area contributed by atoms with Crippen molar-refractivity contribution in [3.63, 3.8) is 0 Å². The second-order valence-electron chi connectivity index (χ2n) is 4.81. The molecule has 3 nitrogen and oxygen atoms in total. The molecule has 0 spiro atoms. The van der Waals surface area contributed by atoms with Gasteiger partial charge in [-0.25, -0.2) is 0 Å². The van der Waals surface area contributed by atoms with Gasteiger partial charge in [0, 0.05) is 23.1 Å². The Balaban J connectivity index is 1.96. The number of rotatable bonds is 1. The lowest BCUT2D eigenvalue weighted by Crippen LogP contribution is -2.46. The van der Waals surface area contributed by atoms with Crippen LogP contribution in [0.2, 0.25) is 0 Å². The topological polar surface area (TPSA) is 32.3 Å². The first-order valence-corrected chi connectivity index (χ1v) is 7.59. The van der Waals surface area contributed by atoms with Crippen LogP contribution in [0.5, 0.6) is 0 Å². The monoisotopic (exact) mass is 262 g/mol. The van der Waals surface area contributed by atoms with Crippen molar-refractivity contribution in [2.24, 2.45) is 0 Å². The Hall–Kier alpha value is -1.00. The van der Waals surface area contributed by atoms with Crippen LogP contribution in [0.15, 0.2) is 29.2 Å². The molecule has 1 saturated heterocycles. The molecular weight excluding hydrogens is 244 g/mol. The largest absolute Gasteiger partial charge is 0.317 e. The molecule has 0 aliphatic carbocycles. The summed E-state index contributed by atoms with van der Waals surface area (Å²) in [5.74, 6) is 1.19. The van der Waals surface area contributed by atoms with E-state index in [1.54, 1.807) is 11.8 Å². The molecule has 1 aromatic carbocycles. The molecule has 0 saturated carbocycles. The van der Waals surface area contributed by atoms with Gasteiger partial charge in [0.2, 0.25) is 5.91 Å². The summed E-state index contributed by atoms with van der Waals surface area (Å²) in [6.45, 7) is 2.04. The molecule has 96 valence electrons. The molecule has 2 aliphatic heterocycles. The third-order valence-electron chi connectivity index (χ3n) is 3.64. The summed E-state index contributed by atoms with van der Waals surface area (Å²) in [5, 5.41) is 3.37. The highest BCUT2D eigenvalue weighted by atomic mass is 32.2. The normalized spacial score (nSPS) is 21.6. The van der Waals surface area contributed by atoms with Crippen LogP contribution < -0.4 is 10.2 Å². The fraction of sp³-hybridized carbons (Fsp3) is 0.500. The number of para-hydroxylation sites is 1. The summed E-state index contributed by atoms with van der Waals surface area (Å²) in [4.78, 5) is 15.7. The summed E-state index contributed by atoms with van der Waals surface area (Å²) >= 11 is 1.80. The summed E-state index contributed by atoms with van der Waals surface area (Å²) < 4.78 is 0. The van der Waals surface area contributed by atoms with Gasteiger partial charge in [-0.15, -0.1) is 11.8 Å². The molecule has 1 fully saturated rings. The second kappa shape index (κ2) is 5.33. The van der Waals surface area contributed by atoms with Gasteiger partial charge in [-0.05, 0) is 38.1 Å². The van der Waals surface area contributed by atoms with E-state index >= 15 is 0 Å². The lowest BCUT2D eigenvalue weighted by Gasteiger charge is -2.34. The van der Waals surface area contributed by atoms with E-state index < -0.39 is 0 Å². The van der Waals surface area contributed by atoms with Gasteiger partial charge in [0.25, 0.3) is 0 Å². The van der Waals surface area contributed by atoms with Crippen LogP contribution in [0.3, 0.4) is 0 Å². The van der Waals surface area contributed by atoms with Crippen molar-refractivity contribution in [2.45, 2.75) is 30.2 Å². The highest BCUT2D eigenvalue weighted by Gasteiger charge is 2.29. The Labute approximate surface area is 112 Å². The zero-order chi connectivity index (χ0) is 12.4. The number of nitrogens with zero attached hydrogens (tertiary/aromatic N) is 1. The van der Waals surface area contributed by atoms with Crippen LogP contribution >= 0.6 is 11.8 Å². The zero-order valence-corrected chi connectivity index (χ0v) is 11.2. The van der Waals surface area contributed by atoms with Crippen LogP contribution in [0, 0.1) is 0 Å². The van der Waals surface area contributed by atoms with Gasteiger partial charge in [-0.3, -0.25) is 4.79 Å². The summed E-state index contributed by atoms with van der Waals surface area (Å²) in [7, 11) is 0. The third kappa shape index (κ3) is 2.27. The molecule has 0 unspecified atom stereocenters. The van der Waals surface area contributed by atoms with Crippen LogP contribution in [-0.2, 0) is 4.79 Å². The fourth-order valence-corrected chi connectivity index (χ4v) is 3.73. The molecule has 2 heterocycles. The smallest absolute Gasteiger partial charge is 0.228 e. The molecule has 1 amide bonds. The Kier molecular flexibility index (Phi) is 3.57. The molecule has 1 N–H and O–H groups in total. The predicted octanol–water partition coefficient (Wildman–Crippen LogP) is 2.27. The number of piperidine rings is 1. The number of thioether (sulfide) groups is 1. The molecule has 0 atom stereocenters. The number of anilines is 1. The molecule has 1 aromatic rings. The van der Waals surface area contributed by atoms with Gasteiger partial charge in [0.15, 0.2) is 0 Å². The maximum atomic E-state index is 12.4. The van der Waals surface area contributed by atoms with E-state index in [1.165, 1.54) is 4.90 Å². The predicted molar refractivity (Wildman–Crippen MR) is 75.2 cm³/mol. The molecule has 0 bridgehead atoms. The summed E-state index contributed by atoms with van der Waals surface area (Å²) in [6, 6.07) is 8.69. The van der Waals surface area contributed by atoms with Crippen molar-refractivity contribution in [2.75, 3.05) is 23.7 Å². The number of amides is 1. The van der Waals surface area contributed by atoms with E-state index in [-0.39, 0.29) is 0 Å². The molecular formula is C14H18N2OS. The first-order chi connectivity index (χ1) is 8.86. The number of hydrogen-bond acceptors (Lipinski definition) is 3. The molecule has 3 rings (SSSR count). The van der Waals surface area contributed by atoms with Crippen LogP contribution in [0.25, 0.3) is 0 Å². The van der Waals surface area contributed by atoms with Gasteiger partial charge in [0.05, 0.1) is 5.69 Å². The number of benzene rings is 1. The minimum atomic E-state index is 0.291.